The average Bonchev–Trinajstić information content (AvgIpc) is 3.54. The topological polar surface area (TPSA) is 62.7 Å². The first-order chi connectivity index (χ1) is 17.1. The van der Waals surface area contributed by atoms with Crippen LogP contribution in [0.15, 0.2) is 66.9 Å². The molecule has 1 aliphatic carbocycles. The van der Waals surface area contributed by atoms with Crippen molar-refractivity contribution in [3.63, 3.8) is 0 Å². The van der Waals surface area contributed by atoms with Gasteiger partial charge in [0.1, 0.15) is 5.82 Å². The van der Waals surface area contributed by atoms with E-state index < -0.39 is 11.0 Å². The highest BCUT2D eigenvalue weighted by atomic mass is 16.6. The highest BCUT2D eigenvalue weighted by Crippen LogP contribution is 2.52. The molecule has 0 N–H and O–H groups in total. The number of rotatable bonds is 3. The third-order valence-corrected chi connectivity index (χ3v) is 8.36. The van der Waals surface area contributed by atoms with Gasteiger partial charge in [-0.05, 0) is 48.1 Å². The standard InChI is InChI=1S/C29H27N3O3/c33-26-23-7-3-4-8-24(23)29(35-26)14-16-32(19-29)27(34)28(12-13-28)22-9-10-25(30-17-22)31-15-11-20-5-1-2-6-21(20)18-31/h1-10,17H,11-16,18-19H2/t29-/m0/s1. The number of fused-ring (bicyclic) bond motifs is 3. The summed E-state index contributed by atoms with van der Waals surface area (Å²) in [5, 5.41) is 0. The Balaban J connectivity index is 1.09. The minimum atomic E-state index is -0.702. The van der Waals surface area contributed by atoms with Crippen LogP contribution in [0.5, 0.6) is 0 Å². The van der Waals surface area contributed by atoms with Crippen LogP contribution in [-0.4, -0.2) is 41.4 Å². The quantitative estimate of drug-likeness (QED) is 0.548. The summed E-state index contributed by atoms with van der Waals surface area (Å²) in [4.78, 5) is 35.2. The van der Waals surface area contributed by atoms with Crippen LogP contribution in [0.2, 0.25) is 0 Å². The van der Waals surface area contributed by atoms with Gasteiger partial charge in [-0.15, -0.1) is 0 Å². The smallest absolute Gasteiger partial charge is 0.339 e. The molecule has 6 nitrogen and oxygen atoms in total. The summed E-state index contributed by atoms with van der Waals surface area (Å²) in [6.07, 6.45) is 5.24. The summed E-state index contributed by atoms with van der Waals surface area (Å²) < 4.78 is 5.86. The van der Waals surface area contributed by atoms with Gasteiger partial charge in [-0.25, -0.2) is 9.78 Å². The van der Waals surface area contributed by atoms with E-state index in [0.29, 0.717) is 25.1 Å². The Kier molecular flexibility index (Phi) is 4.38. The van der Waals surface area contributed by atoms with Crippen molar-refractivity contribution >= 4 is 17.7 Å². The van der Waals surface area contributed by atoms with Gasteiger partial charge in [0.15, 0.2) is 5.60 Å². The number of pyridine rings is 1. The number of hydrogen-bond donors (Lipinski definition) is 0. The Bertz CT molecular complexity index is 1350. The number of anilines is 1. The van der Waals surface area contributed by atoms with Crippen molar-refractivity contribution in [1.82, 2.24) is 9.88 Å². The normalized spacial score (nSPS) is 23.7. The molecular formula is C29H27N3O3. The van der Waals surface area contributed by atoms with Crippen LogP contribution in [0.4, 0.5) is 5.82 Å². The third-order valence-electron chi connectivity index (χ3n) is 8.36. The minimum absolute atomic E-state index is 0.135. The van der Waals surface area contributed by atoms with Crippen LogP contribution >= 0.6 is 0 Å². The Hall–Kier alpha value is -3.67. The van der Waals surface area contributed by atoms with Gasteiger partial charge in [0.2, 0.25) is 5.91 Å². The van der Waals surface area contributed by atoms with E-state index in [4.69, 9.17) is 9.72 Å². The average molecular weight is 466 g/mol. The number of esters is 1. The zero-order valence-corrected chi connectivity index (χ0v) is 19.6. The number of hydrogen-bond acceptors (Lipinski definition) is 5. The number of carbonyl (C=O) groups excluding carboxylic acids is 2. The second-order valence-corrected chi connectivity index (χ2v) is 10.3. The van der Waals surface area contributed by atoms with Gasteiger partial charge in [0.25, 0.3) is 0 Å². The fourth-order valence-corrected chi connectivity index (χ4v) is 6.21. The second-order valence-electron chi connectivity index (χ2n) is 10.3. The lowest BCUT2D eigenvalue weighted by Crippen LogP contribution is -2.40. The number of amides is 1. The highest BCUT2D eigenvalue weighted by Gasteiger charge is 2.57. The molecule has 1 spiro atoms. The van der Waals surface area contributed by atoms with E-state index >= 15 is 0 Å². The molecular weight excluding hydrogens is 438 g/mol. The molecule has 0 radical (unpaired) electrons. The molecule has 6 heteroatoms. The highest BCUT2D eigenvalue weighted by molar-refractivity contribution is 5.96. The Labute approximate surface area is 204 Å². The Morgan fingerprint density at radius 2 is 1.71 bits per heavy atom. The van der Waals surface area contributed by atoms with Crippen molar-refractivity contribution in [2.24, 2.45) is 0 Å². The number of nitrogens with zero attached hydrogens (tertiary/aromatic N) is 3. The van der Waals surface area contributed by atoms with E-state index in [0.717, 1.165) is 49.3 Å². The van der Waals surface area contributed by atoms with Crippen LogP contribution < -0.4 is 4.90 Å². The van der Waals surface area contributed by atoms with Crippen molar-refractivity contribution in [3.8, 4) is 0 Å². The summed E-state index contributed by atoms with van der Waals surface area (Å²) in [6.45, 7) is 2.84. The van der Waals surface area contributed by atoms with E-state index in [1.54, 1.807) is 0 Å². The van der Waals surface area contributed by atoms with E-state index in [1.165, 1.54) is 11.1 Å². The molecule has 3 aromatic rings. The minimum Gasteiger partial charge on any atom is -0.449 e. The molecule has 2 fully saturated rings. The fraction of sp³-hybridized carbons (Fsp3) is 0.345. The summed E-state index contributed by atoms with van der Waals surface area (Å²) in [7, 11) is 0. The molecule has 1 saturated carbocycles. The molecule has 35 heavy (non-hydrogen) atoms. The molecule has 1 atom stereocenters. The molecule has 3 aliphatic heterocycles. The van der Waals surface area contributed by atoms with Crippen molar-refractivity contribution in [2.45, 2.75) is 43.2 Å². The molecule has 0 bridgehead atoms. The lowest BCUT2D eigenvalue weighted by molar-refractivity contribution is -0.134. The maximum Gasteiger partial charge on any atom is 0.339 e. The molecule has 1 aromatic heterocycles. The monoisotopic (exact) mass is 465 g/mol. The van der Waals surface area contributed by atoms with Crippen LogP contribution in [0, 0.1) is 0 Å². The number of likely N-dealkylation sites (tertiary alicyclic amines) is 1. The first kappa shape index (κ1) is 20.7. The SMILES string of the molecule is O=C1O[C@]2(CCN(C(=O)C3(c4ccc(N5CCc6ccccc6C5)nc4)CC3)C2)c2ccccc21. The summed E-state index contributed by atoms with van der Waals surface area (Å²) in [5.41, 5.74) is 4.12. The van der Waals surface area contributed by atoms with Crippen molar-refractivity contribution in [1.29, 1.82) is 0 Å². The van der Waals surface area contributed by atoms with Gasteiger partial charge in [-0.3, -0.25) is 4.79 Å². The molecule has 7 rings (SSSR count). The van der Waals surface area contributed by atoms with Crippen LogP contribution in [0.1, 0.15) is 51.9 Å². The third kappa shape index (κ3) is 3.12. The van der Waals surface area contributed by atoms with E-state index in [2.05, 4.69) is 41.3 Å². The lowest BCUT2D eigenvalue weighted by atomic mass is 9.91. The zero-order valence-electron chi connectivity index (χ0n) is 19.6. The predicted molar refractivity (Wildman–Crippen MR) is 131 cm³/mol. The van der Waals surface area contributed by atoms with Crippen LogP contribution in [0.25, 0.3) is 0 Å². The van der Waals surface area contributed by atoms with E-state index in [1.807, 2.05) is 35.4 Å². The molecule has 0 unspecified atom stereocenters. The van der Waals surface area contributed by atoms with Crippen LogP contribution in [0.3, 0.4) is 0 Å². The van der Waals surface area contributed by atoms with Gasteiger partial charge < -0.3 is 14.5 Å². The number of benzene rings is 2. The molecule has 176 valence electrons. The summed E-state index contributed by atoms with van der Waals surface area (Å²) in [6, 6.07) is 20.3. The van der Waals surface area contributed by atoms with E-state index in [-0.39, 0.29) is 11.9 Å². The van der Waals surface area contributed by atoms with E-state index in [9.17, 15) is 9.59 Å². The fourth-order valence-electron chi connectivity index (χ4n) is 6.21. The van der Waals surface area contributed by atoms with Crippen molar-refractivity contribution < 1.29 is 14.3 Å². The first-order valence-electron chi connectivity index (χ1n) is 12.5. The molecule has 4 heterocycles. The Morgan fingerprint density at radius 1 is 0.914 bits per heavy atom. The Morgan fingerprint density at radius 3 is 2.51 bits per heavy atom. The van der Waals surface area contributed by atoms with Gasteiger partial charge >= 0.3 is 5.97 Å². The number of aromatic nitrogens is 1. The van der Waals surface area contributed by atoms with Gasteiger partial charge in [-0.1, -0.05) is 48.5 Å². The number of ether oxygens (including phenoxy) is 1. The maximum atomic E-state index is 13.7. The molecule has 1 amide bonds. The molecule has 2 aromatic carbocycles. The summed E-state index contributed by atoms with van der Waals surface area (Å²) >= 11 is 0. The lowest BCUT2D eigenvalue weighted by Gasteiger charge is -2.30. The van der Waals surface area contributed by atoms with Gasteiger partial charge in [-0.2, -0.15) is 0 Å². The summed E-state index contributed by atoms with van der Waals surface area (Å²) in [5.74, 6) is 0.813. The zero-order chi connectivity index (χ0) is 23.6. The van der Waals surface area contributed by atoms with Crippen LogP contribution in [-0.2, 0) is 33.5 Å². The van der Waals surface area contributed by atoms with Crippen molar-refractivity contribution in [2.75, 3.05) is 24.5 Å². The largest absolute Gasteiger partial charge is 0.449 e. The predicted octanol–water partition coefficient (Wildman–Crippen LogP) is 3.97. The molecule has 4 aliphatic rings. The maximum absolute atomic E-state index is 13.7. The first-order valence-corrected chi connectivity index (χ1v) is 12.5. The van der Waals surface area contributed by atoms with Crippen molar-refractivity contribution in [3.05, 3.63) is 94.7 Å². The van der Waals surface area contributed by atoms with Gasteiger partial charge in [0, 0.05) is 37.8 Å². The molecule has 1 saturated heterocycles. The second kappa shape index (κ2) is 7.41. The van der Waals surface area contributed by atoms with Gasteiger partial charge in [0.05, 0.1) is 17.5 Å². The number of carbonyl (C=O) groups is 2.